The van der Waals surface area contributed by atoms with Gasteiger partial charge in [0.2, 0.25) is 0 Å². The minimum atomic E-state index is -0.309. The van der Waals surface area contributed by atoms with E-state index in [1.165, 1.54) is 0 Å². The number of carbonyl (C=O) groups is 1. The Bertz CT molecular complexity index is 815. The van der Waals surface area contributed by atoms with E-state index in [-0.39, 0.29) is 17.0 Å². The monoisotopic (exact) mass is 357 g/mol. The van der Waals surface area contributed by atoms with Crippen LogP contribution in [0.15, 0.2) is 29.3 Å². The first-order valence-corrected chi connectivity index (χ1v) is 9.10. The number of aromatic amines is 1. The van der Waals surface area contributed by atoms with Crippen LogP contribution in [0.2, 0.25) is 0 Å². The van der Waals surface area contributed by atoms with Crippen molar-refractivity contribution in [3.05, 3.63) is 52.0 Å². The Balaban J connectivity index is 1.63. The van der Waals surface area contributed by atoms with E-state index in [2.05, 4.69) is 33.5 Å². The van der Waals surface area contributed by atoms with Crippen LogP contribution in [-0.4, -0.2) is 64.0 Å². The van der Waals surface area contributed by atoms with Crippen molar-refractivity contribution in [3.63, 3.8) is 0 Å². The molecule has 1 saturated heterocycles. The molecule has 1 aliphatic rings. The molecular weight excluding hydrogens is 330 g/mol. The van der Waals surface area contributed by atoms with E-state index in [1.807, 2.05) is 12.4 Å². The molecule has 1 amide bonds. The van der Waals surface area contributed by atoms with E-state index in [1.54, 1.807) is 24.0 Å². The fraction of sp³-hybridized carbons (Fsp3) is 0.526. The van der Waals surface area contributed by atoms with Gasteiger partial charge in [-0.25, -0.2) is 4.98 Å². The van der Waals surface area contributed by atoms with Gasteiger partial charge in [0.15, 0.2) is 0 Å². The molecule has 0 unspecified atom stereocenters. The van der Waals surface area contributed by atoms with Gasteiger partial charge in [-0.15, -0.1) is 0 Å². The number of nitrogens with one attached hydrogen (secondary N) is 1. The highest BCUT2D eigenvalue weighted by atomic mass is 16.2. The second-order valence-electron chi connectivity index (χ2n) is 7.23. The lowest BCUT2D eigenvalue weighted by atomic mass is 9.95. The van der Waals surface area contributed by atoms with Crippen molar-refractivity contribution in [1.82, 2.24) is 24.3 Å². The van der Waals surface area contributed by atoms with Gasteiger partial charge in [-0.1, -0.05) is 0 Å². The number of hydrogen-bond donors (Lipinski definition) is 1. The molecule has 0 saturated carbocycles. The second kappa shape index (κ2) is 7.86. The highest BCUT2D eigenvalue weighted by molar-refractivity contribution is 5.93. The SMILES string of the molecule is Cc1ccc(C(=O)N2CCC(c3nccn3CCN(C)C)CC2)c(=O)[nH]1. The molecule has 0 bridgehead atoms. The first-order chi connectivity index (χ1) is 12.5. The van der Waals surface area contributed by atoms with Crippen LogP contribution < -0.4 is 5.56 Å². The second-order valence-corrected chi connectivity index (χ2v) is 7.23. The largest absolute Gasteiger partial charge is 0.338 e. The predicted octanol–water partition coefficient (Wildman–Crippen LogP) is 1.46. The summed E-state index contributed by atoms with van der Waals surface area (Å²) in [6.07, 6.45) is 5.62. The smallest absolute Gasteiger partial charge is 0.260 e. The first-order valence-electron chi connectivity index (χ1n) is 9.10. The lowest BCUT2D eigenvalue weighted by Gasteiger charge is -2.32. The molecule has 1 N–H and O–H groups in total. The fourth-order valence-electron chi connectivity index (χ4n) is 3.43. The maximum absolute atomic E-state index is 12.6. The Hall–Kier alpha value is -2.41. The zero-order valence-corrected chi connectivity index (χ0v) is 15.7. The van der Waals surface area contributed by atoms with Gasteiger partial charge in [0.1, 0.15) is 11.4 Å². The minimum Gasteiger partial charge on any atom is -0.338 e. The number of hydrogen-bond acceptors (Lipinski definition) is 4. The van der Waals surface area contributed by atoms with Crippen molar-refractivity contribution >= 4 is 5.91 Å². The summed E-state index contributed by atoms with van der Waals surface area (Å²) >= 11 is 0. The number of rotatable bonds is 5. The Morgan fingerprint density at radius 2 is 2.04 bits per heavy atom. The van der Waals surface area contributed by atoms with Crippen molar-refractivity contribution in [1.29, 1.82) is 0 Å². The summed E-state index contributed by atoms with van der Waals surface area (Å²) < 4.78 is 2.22. The molecule has 1 fully saturated rings. The van der Waals surface area contributed by atoms with E-state index in [0.717, 1.165) is 37.4 Å². The highest BCUT2D eigenvalue weighted by Crippen LogP contribution is 2.27. The van der Waals surface area contributed by atoms with E-state index in [9.17, 15) is 9.59 Å². The number of amides is 1. The van der Waals surface area contributed by atoms with Gasteiger partial charge < -0.3 is 19.4 Å². The van der Waals surface area contributed by atoms with Crippen LogP contribution in [-0.2, 0) is 6.54 Å². The third-order valence-corrected chi connectivity index (χ3v) is 4.97. The van der Waals surface area contributed by atoms with Crippen LogP contribution >= 0.6 is 0 Å². The molecule has 3 heterocycles. The molecule has 2 aromatic heterocycles. The number of carbonyl (C=O) groups excluding carboxylic acids is 1. The van der Waals surface area contributed by atoms with Crippen LogP contribution in [0.5, 0.6) is 0 Å². The van der Waals surface area contributed by atoms with E-state index < -0.39 is 0 Å². The molecule has 0 radical (unpaired) electrons. The number of likely N-dealkylation sites (tertiary alicyclic amines) is 1. The molecule has 26 heavy (non-hydrogen) atoms. The van der Waals surface area contributed by atoms with Crippen molar-refractivity contribution in [2.75, 3.05) is 33.7 Å². The summed E-state index contributed by atoms with van der Waals surface area (Å²) in [5.74, 6) is 1.28. The fourth-order valence-corrected chi connectivity index (χ4v) is 3.43. The summed E-state index contributed by atoms with van der Waals surface area (Å²) in [6.45, 7) is 4.99. The van der Waals surface area contributed by atoms with Gasteiger partial charge in [0.05, 0.1) is 0 Å². The molecule has 140 valence electrons. The van der Waals surface area contributed by atoms with Gasteiger partial charge >= 0.3 is 0 Å². The molecule has 7 heteroatoms. The number of pyridine rings is 1. The van der Waals surface area contributed by atoms with Crippen LogP contribution in [0.25, 0.3) is 0 Å². The summed E-state index contributed by atoms with van der Waals surface area (Å²) in [5.41, 5.74) is 0.674. The van der Waals surface area contributed by atoms with Crippen LogP contribution in [0, 0.1) is 6.92 Å². The number of H-pyrrole nitrogens is 1. The standard InChI is InChI=1S/C19H27N5O2/c1-14-4-5-16(18(25)21-14)19(26)24-9-6-15(7-10-24)17-20-8-11-23(17)13-12-22(2)3/h4-5,8,11,15H,6-7,9-10,12-13H2,1-3H3,(H,21,25). The van der Waals surface area contributed by atoms with E-state index in [4.69, 9.17) is 0 Å². The van der Waals surface area contributed by atoms with Crippen molar-refractivity contribution in [2.24, 2.45) is 0 Å². The normalized spacial score (nSPS) is 15.6. The number of aryl methyl sites for hydroxylation is 1. The molecule has 3 rings (SSSR count). The summed E-state index contributed by atoms with van der Waals surface area (Å²) in [5, 5.41) is 0. The summed E-state index contributed by atoms with van der Waals surface area (Å²) in [4.78, 5) is 35.9. The Kier molecular flexibility index (Phi) is 5.56. The highest BCUT2D eigenvalue weighted by Gasteiger charge is 2.27. The van der Waals surface area contributed by atoms with Crippen LogP contribution in [0.4, 0.5) is 0 Å². The number of piperidine rings is 1. The van der Waals surface area contributed by atoms with Gasteiger partial charge in [-0.2, -0.15) is 0 Å². The maximum Gasteiger partial charge on any atom is 0.260 e. The minimum absolute atomic E-state index is 0.180. The molecule has 0 spiro atoms. The number of likely N-dealkylation sites (N-methyl/N-ethyl adjacent to an activating group) is 1. The van der Waals surface area contributed by atoms with Crippen LogP contribution in [0.3, 0.4) is 0 Å². The lowest BCUT2D eigenvalue weighted by Crippen LogP contribution is -2.40. The zero-order chi connectivity index (χ0) is 18.7. The van der Waals surface area contributed by atoms with E-state index >= 15 is 0 Å². The lowest BCUT2D eigenvalue weighted by molar-refractivity contribution is 0.0708. The summed E-state index contributed by atoms with van der Waals surface area (Å²) in [6, 6.07) is 3.39. The average Bonchev–Trinajstić information content (AvgIpc) is 3.08. The third-order valence-electron chi connectivity index (χ3n) is 4.97. The Labute approximate surface area is 153 Å². The Morgan fingerprint density at radius 3 is 2.69 bits per heavy atom. The quantitative estimate of drug-likeness (QED) is 0.879. The molecule has 1 aliphatic heterocycles. The van der Waals surface area contributed by atoms with Gasteiger partial charge in [-0.3, -0.25) is 9.59 Å². The van der Waals surface area contributed by atoms with Gasteiger partial charge in [0.25, 0.3) is 11.5 Å². The molecule has 7 nitrogen and oxygen atoms in total. The molecular formula is C19H27N5O2. The number of imidazole rings is 1. The van der Waals surface area contributed by atoms with Gasteiger partial charge in [-0.05, 0) is 46.0 Å². The Morgan fingerprint density at radius 1 is 1.31 bits per heavy atom. The molecule has 0 atom stereocenters. The predicted molar refractivity (Wildman–Crippen MR) is 100 cm³/mol. The maximum atomic E-state index is 12.6. The average molecular weight is 357 g/mol. The van der Waals surface area contributed by atoms with Crippen LogP contribution in [0.1, 0.15) is 40.6 Å². The van der Waals surface area contributed by atoms with Crippen molar-refractivity contribution < 1.29 is 4.79 Å². The number of aromatic nitrogens is 3. The van der Waals surface area contributed by atoms with Crippen molar-refractivity contribution in [3.8, 4) is 0 Å². The van der Waals surface area contributed by atoms with Gasteiger partial charge in [0, 0.05) is 50.2 Å². The topological polar surface area (TPSA) is 74.2 Å². The first kappa shape index (κ1) is 18.4. The van der Waals surface area contributed by atoms with E-state index in [0.29, 0.717) is 19.0 Å². The zero-order valence-electron chi connectivity index (χ0n) is 15.7. The number of nitrogens with zero attached hydrogens (tertiary/aromatic N) is 4. The summed E-state index contributed by atoms with van der Waals surface area (Å²) in [7, 11) is 4.13. The molecule has 0 aliphatic carbocycles. The van der Waals surface area contributed by atoms with Crippen molar-refractivity contribution in [2.45, 2.75) is 32.2 Å². The molecule has 2 aromatic rings. The molecule has 0 aromatic carbocycles. The third kappa shape index (κ3) is 4.04.